The van der Waals surface area contributed by atoms with Crippen molar-refractivity contribution in [3.63, 3.8) is 0 Å². The predicted octanol–water partition coefficient (Wildman–Crippen LogP) is 4.18. The third-order valence-electron chi connectivity index (χ3n) is 3.95. The van der Waals surface area contributed by atoms with Gasteiger partial charge in [-0.25, -0.2) is 14.8 Å². The Morgan fingerprint density at radius 3 is 2.34 bits per heavy atom. The first-order valence-corrected chi connectivity index (χ1v) is 10.0. The van der Waals surface area contributed by atoms with Crippen LogP contribution in [-0.4, -0.2) is 28.5 Å². The Balaban J connectivity index is 1.60. The fourth-order valence-electron chi connectivity index (χ4n) is 2.67. The molecule has 1 aromatic heterocycles. The molecule has 0 aliphatic heterocycles. The van der Waals surface area contributed by atoms with Gasteiger partial charge in [-0.05, 0) is 43.7 Å². The summed E-state index contributed by atoms with van der Waals surface area (Å²) < 4.78 is 5.20. The number of anilines is 1. The summed E-state index contributed by atoms with van der Waals surface area (Å²) >= 11 is 1.45. The van der Waals surface area contributed by atoms with Crippen LogP contribution in [-0.2, 0) is 15.3 Å². The van der Waals surface area contributed by atoms with Crippen molar-refractivity contribution in [2.24, 2.45) is 0 Å². The third-order valence-corrected chi connectivity index (χ3v) is 4.84. The highest BCUT2D eigenvalue weighted by molar-refractivity contribution is 7.98. The summed E-state index contributed by atoms with van der Waals surface area (Å²) in [6.07, 6.45) is 0. The summed E-state index contributed by atoms with van der Waals surface area (Å²) in [6, 6.07) is 18.1. The molecule has 0 radical (unpaired) electrons. The molecule has 0 saturated carbocycles. The standard InChI is InChI=1S/C22H21N3O3S/c1-15-12-16(2)24-22(23-15)29-14-17-8-6-7-11-19(17)21(27)28-13-20(26)25-18-9-4-3-5-10-18/h3-12H,13-14H2,1-2H3,(H,25,26). The number of aromatic nitrogens is 2. The number of carbonyl (C=O) groups is 2. The van der Waals surface area contributed by atoms with Crippen LogP contribution in [0.3, 0.4) is 0 Å². The zero-order chi connectivity index (χ0) is 20.6. The van der Waals surface area contributed by atoms with Gasteiger partial charge in [0.2, 0.25) is 0 Å². The lowest BCUT2D eigenvalue weighted by atomic mass is 10.1. The first-order valence-electron chi connectivity index (χ1n) is 9.06. The molecule has 148 valence electrons. The maximum atomic E-state index is 12.5. The largest absolute Gasteiger partial charge is 0.452 e. The molecule has 0 bridgehead atoms. The number of nitrogens with one attached hydrogen (secondary N) is 1. The van der Waals surface area contributed by atoms with E-state index in [9.17, 15) is 9.59 Å². The highest BCUT2D eigenvalue weighted by Gasteiger charge is 2.15. The van der Waals surface area contributed by atoms with Gasteiger partial charge >= 0.3 is 5.97 Å². The van der Waals surface area contributed by atoms with Crippen LogP contribution in [0.5, 0.6) is 0 Å². The molecule has 6 nitrogen and oxygen atoms in total. The second-order valence-corrected chi connectivity index (χ2v) is 7.31. The smallest absolute Gasteiger partial charge is 0.338 e. The molecule has 3 rings (SSSR count). The summed E-state index contributed by atoms with van der Waals surface area (Å²) in [5, 5.41) is 3.34. The Morgan fingerprint density at radius 1 is 0.966 bits per heavy atom. The Kier molecular flexibility index (Phi) is 6.97. The highest BCUT2D eigenvalue weighted by atomic mass is 32.2. The quantitative estimate of drug-likeness (QED) is 0.359. The minimum absolute atomic E-state index is 0.352. The molecule has 2 aromatic carbocycles. The van der Waals surface area contributed by atoms with Crippen LogP contribution in [0.25, 0.3) is 0 Å². The van der Waals surface area contributed by atoms with Crippen molar-refractivity contribution in [3.8, 4) is 0 Å². The van der Waals surface area contributed by atoms with Crippen LogP contribution in [0.15, 0.2) is 65.8 Å². The van der Waals surface area contributed by atoms with Gasteiger partial charge in [-0.3, -0.25) is 4.79 Å². The topological polar surface area (TPSA) is 81.2 Å². The van der Waals surface area contributed by atoms with E-state index in [1.807, 2.05) is 50.2 Å². The molecular weight excluding hydrogens is 386 g/mol. The first kappa shape index (κ1) is 20.5. The van der Waals surface area contributed by atoms with Crippen LogP contribution in [0.2, 0.25) is 0 Å². The maximum Gasteiger partial charge on any atom is 0.338 e. The van der Waals surface area contributed by atoms with Gasteiger partial charge < -0.3 is 10.1 Å². The summed E-state index contributed by atoms with van der Waals surface area (Å²) in [5.74, 6) is -0.407. The van der Waals surface area contributed by atoms with Gasteiger partial charge in [0.1, 0.15) is 0 Å². The number of benzene rings is 2. The predicted molar refractivity (Wildman–Crippen MR) is 113 cm³/mol. The molecule has 0 aliphatic rings. The van der Waals surface area contributed by atoms with Gasteiger partial charge in [-0.2, -0.15) is 0 Å². The van der Waals surface area contributed by atoms with Crippen LogP contribution < -0.4 is 5.32 Å². The van der Waals surface area contributed by atoms with Crippen molar-refractivity contribution in [1.29, 1.82) is 0 Å². The Labute approximate surface area is 173 Å². The summed E-state index contributed by atoms with van der Waals surface area (Å²) in [4.78, 5) is 33.3. The van der Waals surface area contributed by atoms with Crippen LogP contribution >= 0.6 is 11.8 Å². The van der Waals surface area contributed by atoms with E-state index < -0.39 is 5.97 Å². The maximum absolute atomic E-state index is 12.5. The molecule has 0 unspecified atom stereocenters. The van der Waals surface area contributed by atoms with E-state index in [4.69, 9.17) is 4.74 Å². The van der Waals surface area contributed by atoms with Gasteiger partial charge in [0.05, 0.1) is 5.56 Å². The molecule has 3 aromatic rings. The van der Waals surface area contributed by atoms with E-state index in [-0.39, 0.29) is 12.5 Å². The number of aryl methyl sites for hydroxylation is 2. The third kappa shape index (κ3) is 6.15. The first-order chi connectivity index (χ1) is 14.0. The Bertz CT molecular complexity index is 989. The van der Waals surface area contributed by atoms with E-state index in [1.165, 1.54) is 11.8 Å². The van der Waals surface area contributed by atoms with E-state index >= 15 is 0 Å². The van der Waals surface area contributed by atoms with Crippen molar-refractivity contribution in [2.75, 3.05) is 11.9 Å². The number of thioether (sulfide) groups is 1. The van der Waals surface area contributed by atoms with E-state index in [0.29, 0.717) is 22.2 Å². The van der Waals surface area contributed by atoms with E-state index in [2.05, 4.69) is 15.3 Å². The highest BCUT2D eigenvalue weighted by Crippen LogP contribution is 2.22. The average Bonchev–Trinajstić information content (AvgIpc) is 2.71. The number of hydrogen-bond donors (Lipinski definition) is 1. The molecule has 29 heavy (non-hydrogen) atoms. The number of carbonyl (C=O) groups excluding carboxylic acids is 2. The molecule has 1 heterocycles. The van der Waals surface area contributed by atoms with Crippen LogP contribution in [0, 0.1) is 13.8 Å². The van der Waals surface area contributed by atoms with Gasteiger partial charge in [0.15, 0.2) is 11.8 Å². The zero-order valence-electron chi connectivity index (χ0n) is 16.2. The van der Waals surface area contributed by atoms with Gasteiger partial charge in [0, 0.05) is 22.8 Å². The normalized spacial score (nSPS) is 10.4. The molecule has 7 heteroatoms. The molecule has 0 aliphatic carbocycles. The Hall–Kier alpha value is -3.19. The summed E-state index contributed by atoms with van der Waals surface area (Å²) in [5.41, 5.74) is 3.68. The second kappa shape index (κ2) is 9.84. The monoisotopic (exact) mass is 407 g/mol. The molecular formula is C22H21N3O3S. The number of esters is 1. The van der Waals surface area contributed by atoms with Crippen molar-refractivity contribution in [2.45, 2.75) is 24.8 Å². The van der Waals surface area contributed by atoms with Crippen LogP contribution in [0.1, 0.15) is 27.3 Å². The van der Waals surface area contributed by atoms with Gasteiger partial charge in [0.25, 0.3) is 5.91 Å². The van der Waals surface area contributed by atoms with Crippen molar-refractivity contribution in [1.82, 2.24) is 9.97 Å². The second-order valence-electron chi connectivity index (χ2n) is 6.37. The summed E-state index contributed by atoms with van der Waals surface area (Å²) in [6.45, 7) is 3.49. The fraction of sp³-hybridized carbons (Fsp3) is 0.182. The number of hydrogen-bond acceptors (Lipinski definition) is 6. The number of para-hydroxylation sites is 1. The van der Waals surface area contributed by atoms with Gasteiger partial charge in [-0.15, -0.1) is 0 Å². The number of amides is 1. The van der Waals surface area contributed by atoms with Gasteiger partial charge in [-0.1, -0.05) is 48.2 Å². The van der Waals surface area contributed by atoms with Crippen molar-refractivity contribution < 1.29 is 14.3 Å². The summed E-state index contributed by atoms with van der Waals surface area (Å²) in [7, 11) is 0. The fourth-order valence-corrected chi connectivity index (χ4v) is 3.63. The van der Waals surface area contributed by atoms with Crippen molar-refractivity contribution >= 4 is 29.3 Å². The van der Waals surface area contributed by atoms with E-state index in [1.54, 1.807) is 24.3 Å². The molecule has 1 N–H and O–H groups in total. The number of rotatable bonds is 7. The lowest BCUT2D eigenvalue weighted by Gasteiger charge is -2.10. The minimum atomic E-state index is -0.536. The van der Waals surface area contributed by atoms with Crippen molar-refractivity contribution in [3.05, 3.63) is 83.2 Å². The number of ether oxygens (including phenoxy) is 1. The molecule has 0 atom stereocenters. The lowest BCUT2D eigenvalue weighted by Crippen LogP contribution is -2.21. The number of nitrogens with zero attached hydrogens (tertiary/aromatic N) is 2. The minimum Gasteiger partial charge on any atom is -0.452 e. The molecule has 0 saturated heterocycles. The Morgan fingerprint density at radius 2 is 1.62 bits per heavy atom. The van der Waals surface area contributed by atoms with Crippen LogP contribution in [0.4, 0.5) is 5.69 Å². The molecule has 0 spiro atoms. The van der Waals surface area contributed by atoms with E-state index in [0.717, 1.165) is 17.0 Å². The zero-order valence-corrected chi connectivity index (χ0v) is 17.0. The SMILES string of the molecule is Cc1cc(C)nc(SCc2ccccc2C(=O)OCC(=O)Nc2ccccc2)n1. The lowest BCUT2D eigenvalue weighted by molar-refractivity contribution is -0.119. The molecule has 0 fully saturated rings. The average molecular weight is 407 g/mol. The molecule has 1 amide bonds.